The molecule has 0 radical (unpaired) electrons. The summed E-state index contributed by atoms with van der Waals surface area (Å²) in [6, 6.07) is 11.0. The van der Waals surface area contributed by atoms with Crippen molar-refractivity contribution >= 4 is 23.3 Å². The van der Waals surface area contributed by atoms with Crippen molar-refractivity contribution in [3.05, 3.63) is 53.7 Å². The summed E-state index contributed by atoms with van der Waals surface area (Å²) in [6.07, 6.45) is 3.66. The molecule has 136 valence electrons. The van der Waals surface area contributed by atoms with E-state index >= 15 is 0 Å². The van der Waals surface area contributed by atoms with Crippen LogP contribution in [0.15, 0.2) is 42.6 Å². The molecule has 1 aromatic carbocycles. The number of carbonyl (C=O) groups is 2. The van der Waals surface area contributed by atoms with Crippen LogP contribution < -0.4 is 11.1 Å². The Hall–Kier alpha value is -2.89. The molecule has 1 aromatic heterocycles. The fraction of sp³-hybridized carbons (Fsp3) is 0.350. The molecule has 0 aliphatic carbocycles. The number of nitrogens with one attached hydrogen (secondary N) is 1. The zero-order valence-electron chi connectivity index (χ0n) is 14.9. The third-order valence-corrected chi connectivity index (χ3v) is 4.64. The first-order valence-corrected chi connectivity index (χ1v) is 8.87. The van der Waals surface area contributed by atoms with Gasteiger partial charge in [0.05, 0.1) is 12.3 Å². The minimum Gasteiger partial charge on any atom is -0.399 e. The average molecular weight is 352 g/mol. The first-order valence-electron chi connectivity index (χ1n) is 8.87. The van der Waals surface area contributed by atoms with E-state index in [-0.39, 0.29) is 17.7 Å². The van der Waals surface area contributed by atoms with E-state index in [2.05, 4.69) is 10.3 Å². The highest BCUT2D eigenvalue weighted by molar-refractivity contribution is 5.92. The van der Waals surface area contributed by atoms with Crippen molar-refractivity contribution < 1.29 is 9.59 Å². The SMILES string of the molecule is Cc1ccc(NC(=O)C2CCCN(C(=O)Cc3ccc(N)cc3)C2)nc1. The number of pyridine rings is 1. The van der Waals surface area contributed by atoms with Crippen molar-refractivity contribution in [2.75, 3.05) is 24.1 Å². The molecule has 1 unspecified atom stereocenters. The Bertz CT molecular complexity index is 706. The third-order valence-electron chi connectivity index (χ3n) is 4.64. The van der Waals surface area contributed by atoms with Crippen LogP contribution >= 0.6 is 0 Å². The predicted molar refractivity (Wildman–Crippen MR) is 101 cm³/mol. The Kier molecular flexibility index (Phi) is 5.51. The monoisotopic (exact) mass is 352 g/mol. The first-order chi connectivity index (χ1) is 12.5. The molecule has 2 heterocycles. The van der Waals surface area contributed by atoms with Crippen LogP contribution in [-0.2, 0) is 16.0 Å². The van der Waals surface area contributed by atoms with E-state index in [4.69, 9.17) is 5.73 Å². The van der Waals surface area contributed by atoms with Gasteiger partial charge in [0.15, 0.2) is 0 Å². The maximum Gasteiger partial charge on any atom is 0.230 e. The van der Waals surface area contributed by atoms with Crippen LogP contribution in [0.25, 0.3) is 0 Å². The molecule has 0 saturated carbocycles. The molecule has 2 aromatic rings. The van der Waals surface area contributed by atoms with Gasteiger partial charge in [-0.1, -0.05) is 18.2 Å². The minimum absolute atomic E-state index is 0.0423. The summed E-state index contributed by atoms with van der Waals surface area (Å²) in [4.78, 5) is 31.1. The predicted octanol–water partition coefficient (Wildman–Crippen LogP) is 2.39. The van der Waals surface area contributed by atoms with Crippen molar-refractivity contribution in [1.82, 2.24) is 9.88 Å². The number of nitrogens with two attached hydrogens (primary N) is 1. The first kappa shape index (κ1) is 17.9. The van der Waals surface area contributed by atoms with Crippen molar-refractivity contribution in [2.45, 2.75) is 26.2 Å². The summed E-state index contributed by atoms with van der Waals surface area (Å²) in [5.74, 6) is 0.306. The number of anilines is 2. The topological polar surface area (TPSA) is 88.3 Å². The smallest absolute Gasteiger partial charge is 0.230 e. The van der Waals surface area contributed by atoms with E-state index in [1.54, 1.807) is 29.3 Å². The number of carbonyl (C=O) groups excluding carboxylic acids is 2. The van der Waals surface area contributed by atoms with Gasteiger partial charge >= 0.3 is 0 Å². The van der Waals surface area contributed by atoms with E-state index in [0.717, 1.165) is 24.0 Å². The molecule has 3 N–H and O–H groups in total. The van der Waals surface area contributed by atoms with E-state index in [1.165, 1.54) is 0 Å². The van der Waals surface area contributed by atoms with Gasteiger partial charge < -0.3 is 16.0 Å². The number of aryl methyl sites for hydroxylation is 1. The molecule has 1 atom stereocenters. The van der Waals surface area contributed by atoms with Crippen LogP contribution in [0.2, 0.25) is 0 Å². The van der Waals surface area contributed by atoms with Crippen LogP contribution in [0, 0.1) is 12.8 Å². The van der Waals surface area contributed by atoms with Gasteiger partial charge in [-0.2, -0.15) is 0 Å². The normalized spacial score (nSPS) is 17.0. The van der Waals surface area contributed by atoms with E-state index in [1.807, 2.05) is 25.1 Å². The lowest BCUT2D eigenvalue weighted by atomic mass is 9.96. The standard InChI is InChI=1S/C20H24N4O2/c1-14-4-9-18(22-12-14)23-20(26)16-3-2-10-24(13-16)19(25)11-15-5-7-17(21)8-6-15/h4-9,12,16H,2-3,10-11,13,21H2,1H3,(H,22,23,26). The highest BCUT2D eigenvalue weighted by atomic mass is 16.2. The van der Waals surface area contributed by atoms with E-state index < -0.39 is 0 Å². The van der Waals surface area contributed by atoms with Crippen LogP contribution in [0.5, 0.6) is 0 Å². The van der Waals surface area contributed by atoms with Crippen LogP contribution in [0.3, 0.4) is 0 Å². The summed E-state index contributed by atoms with van der Waals surface area (Å²) >= 11 is 0. The highest BCUT2D eigenvalue weighted by Gasteiger charge is 2.28. The average Bonchev–Trinajstić information content (AvgIpc) is 2.65. The molecule has 1 fully saturated rings. The highest BCUT2D eigenvalue weighted by Crippen LogP contribution is 2.19. The van der Waals surface area contributed by atoms with Gasteiger partial charge in [-0.15, -0.1) is 0 Å². The zero-order valence-corrected chi connectivity index (χ0v) is 14.9. The number of aromatic nitrogens is 1. The molecule has 0 spiro atoms. The van der Waals surface area contributed by atoms with Gasteiger partial charge in [0.2, 0.25) is 11.8 Å². The number of nitrogen functional groups attached to an aromatic ring is 1. The summed E-state index contributed by atoms with van der Waals surface area (Å²) in [7, 11) is 0. The van der Waals surface area contributed by atoms with Gasteiger partial charge in [0.25, 0.3) is 0 Å². The molecular weight excluding hydrogens is 328 g/mol. The number of nitrogens with zero attached hydrogens (tertiary/aromatic N) is 2. The van der Waals surface area contributed by atoms with Crippen LogP contribution in [0.4, 0.5) is 11.5 Å². The zero-order chi connectivity index (χ0) is 18.5. The Morgan fingerprint density at radius 2 is 2.00 bits per heavy atom. The molecule has 0 bridgehead atoms. The number of likely N-dealkylation sites (tertiary alicyclic amines) is 1. The number of hydrogen-bond donors (Lipinski definition) is 2. The lowest BCUT2D eigenvalue weighted by Crippen LogP contribution is -2.44. The van der Waals surface area contributed by atoms with Gasteiger partial charge in [0, 0.05) is 25.0 Å². The van der Waals surface area contributed by atoms with E-state index in [0.29, 0.717) is 31.0 Å². The molecule has 1 aliphatic rings. The Morgan fingerprint density at radius 3 is 2.69 bits per heavy atom. The molecule has 3 rings (SSSR count). The second kappa shape index (κ2) is 7.99. The molecule has 1 saturated heterocycles. The minimum atomic E-state index is -0.206. The molecule has 6 nitrogen and oxygen atoms in total. The Balaban J connectivity index is 1.57. The Labute approximate surface area is 153 Å². The van der Waals surface area contributed by atoms with Crippen molar-refractivity contribution in [1.29, 1.82) is 0 Å². The molecule has 6 heteroatoms. The van der Waals surface area contributed by atoms with Crippen molar-refractivity contribution in [2.24, 2.45) is 5.92 Å². The molecule has 2 amide bonds. The summed E-state index contributed by atoms with van der Waals surface area (Å²) in [5, 5.41) is 2.85. The fourth-order valence-corrected chi connectivity index (χ4v) is 3.11. The number of amides is 2. The van der Waals surface area contributed by atoms with Gasteiger partial charge in [0.1, 0.15) is 5.82 Å². The summed E-state index contributed by atoms with van der Waals surface area (Å²) in [6.45, 7) is 3.09. The lowest BCUT2D eigenvalue weighted by molar-refractivity contribution is -0.133. The second-order valence-electron chi connectivity index (χ2n) is 6.81. The number of piperidine rings is 1. The van der Waals surface area contributed by atoms with Crippen LogP contribution in [-0.4, -0.2) is 34.8 Å². The molecule has 1 aliphatic heterocycles. The Morgan fingerprint density at radius 1 is 1.23 bits per heavy atom. The number of rotatable bonds is 4. The summed E-state index contributed by atoms with van der Waals surface area (Å²) in [5.41, 5.74) is 8.33. The van der Waals surface area contributed by atoms with Crippen molar-refractivity contribution in [3.8, 4) is 0 Å². The van der Waals surface area contributed by atoms with Gasteiger partial charge in [-0.3, -0.25) is 9.59 Å². The van der Waals surface area contributed by atoms with E-state index in [9.17, 15) is 9.59 Å². The maximum atomic E-state index is 12.6. The summed E-state index contributed by atoms with van der Waals surface area (Å²) < 4.78 is 0. The number of benzene rings is 1. The van der Waals surface area contributed by atoms with Crippen LogP contribution in [0.1, 0.15) is 24.0 Å². The fourth-order valence-electron chi connectivity index (χ4n) is 3.11. The maximum absolute atomic E-state index is 12.6. The molecular formula is C20H24N4O2. The third kappa shape index (κ3) is 4.59. The molecule has 26 heavy (non-hydrogen) atoms. The second-order valence-corrected chi connectivity index (χ2v) is 6.81. The number of hydrogen-bond acceptors (Lipinski definition) is 4. The van der Waals surface area contributed by atoms with Gasteiger partial charge in [-0.25, -0.2) is 4.98 Å². The van der Waals surface area contributed by atoms with Gasteiger partial charge in [-0.05, 0) is 49.1 Å². The largest absolute Gasteiger partial charge is 0.399 e. The lowest BCUT2D eigenvalue weighted by Gasteiger charge is -2.32. The van der Waals surface area contributed by atoms with Crippen molar-refractivity contribution in [3.63, 3.8) is 0 Å². The quantitative estimate of drug-likeness (QED) is 0.827.